The van der Waals surface area contributed by atoms with Gasteiger partial charge in [0.05, 0.1) is 0 Å². The number of hydrogen-bond donors (Lipinski definition) is 2. The van der Waals surface area contributed by atoms with Crippen molar-refractivity contribution in [1.29, 1.82) is 0 Å². The largest absolute Gasteiger partial charge is 0.508 e. The third-order valence-electron chi connectivity index (χ3n) is 4.76. The molecule has 24 heavy (non-hydrogen) atoms. The predicted octanol–water partition coefficient (Wildman–Crippen LogP) is 2.85. The van der Waals surface area contributed by atoms with Gasteiger partial charge >= 0.3 is 0 Å². The van der Waals surface area contributed by atoms with Crippen LogP contribution in [-0.2, 0) is 6.54 Å². The van der Waals surface area contributed by atoms with Gasteiger partial charge in [0.2, 0.25) is 0 Å². The molecule has 2 heterocycles. The Labute approximate surface area is 142 Å². The van der Waals surface area contributed by atoms with Crippen LogP contribution in [0.2, 0.25) is 0 Å². The minimum atomic E-state index is 0.0241. The Morgan fingerprint density at radius 2 is 2.12 bits per heavy atom. The van der Waals surface area contributed by atoms with Gasteiger partial charge in [-0.3, -0.25) is 9.69 Å². The summed E-state index contributed by atoms with van der Waals surface area (Å²) in [6.45, 7) is 5.59. The van der Waals surface area contributed by atoms with Crippen molar-refractivity contribution in [2.45, 2.75) is 32.4 Å². The second kappa shape index (κ2) is 7.53. The number of carbonyl (C=O) groups is 1. The minimum absolute atomic E-state index is 0.0241. The van der Waals surface area contributed by atoms with Crippen molar-refractivity contribution in [2.24, 2.45) is 0 Å². The third kappa shape index (κ3) is 3.79. The molecule has 0 radical (unpaired) electrons. The topological polar surface area (TPSA) is 59.6 Å². The van der Waals surface area contributed by atoms with Crippen LogP contribution in [0.5, 0.6) is 5.75 Å². The third-order valence-corrected chi connectivity index (χ3v) is 4.76. The van der Waals surface area contributed by atoms with Crippen molar-refractivity contribution >= 4 is 5.91 Å². The average molecular weight is 327 g/mol. The van der Waals surface area contributed by atoms with Crippen molar-refractivity contribution in [3.63, 3.8) is 0 Å². The summed E-state index contributed by atoms with van der Waals surface area (Å²) < 4.78 is 0. The van der Waals surface area contributed by atoms with E-state index in [1.165, 1.54) is 6.42 Å². The molecule has 1 aromatic heterocycles. The number of nitrogens with one attached hydrogen (secondary N) is 1. The van der Waals surface area contributed by atoms with Crippen LogP contribution in [0.25, 0.3) is 0 Å². The number of rotatable bonds is 6. The molecule has 0 aliphatic carbocycles. The number of benzene rings is 1. The summed E-state index contributed by atoms with van der Waals surface area (Å²) in [5.41, 5.74) is 1.64. The first kappa shape index (κ1) is 16.6. The molecule has 2 N–H and O–H groups in total. The first-order valence-corrected chi connectivity index (χ1v) is 8.62. The van der Waals surface area contributed by atoms with Crippen LogP contribution in [0.15, 0.2) is 42.6 Å². The van der Waals surface area contributed by atoms with Crippen LogP contribution < -0.4 is 0 Å². The number of aromatic amines is 1. The predicted molar refractivity (Wildman–Crippen MR) is 93.9 cm³/mol. The number of phenolic OH excluding ortho intramolecular Hbond substituents is 1. The summed E-state index contributed by atoms with van der Waals surface area (Å²) >= 11 is 0. The highest BCUT2D eigenvalue weighted by molar-refractivity contribution is 5.92. The van der Waals surface area contributed by atoms with Crippen LogP contribution in [-0.4, -0.2) is 51.5 Å². The van der Waals surface area contributed by atoms with E-state index in [0.717, 1.165) is 31.6 Å². The summed E-state index contributed by atoms with van der Waals surface area (Å²) in [5.74, 6) is 0.268. The number of aromatic nitrogens is 1. The van der Waals surface area contributed by atoms with Crippen molar-refractivity contribution < 1.29 is 9.90 Å². The van der Waals surface area contributed by atoms with Crippen molar-refractivity contribution in [2.75, 3.05) is 19.6 Å². The molecule has 3 rings (SSSR count). The zero-order valence-electron chi connectivity index (χ0n) is 14.1. The Balaban J connectivity index is 1.77. The molecule has 1 aliphatic rings. The lowest BCUT2D eigenvalue weighted by Crippen LogP contribution is -2.42. The molecule has 5 heteroatoms. The van der Waals surface area contributed by atoms with Crippen molar-refractivity contribution in [1.82, 2.24) is 14.8 Å². The molecule has 1 atom stereocenters. The van der Waals surface area contributed by atoms with Gasteiger partial charge in [0.15, 0.2) is 0 Å². The normalized spacial score (nSPS) is 18.0. The monoisotopic (exact) mass is 327 g/mol. The van der Waals surface area contributed by atoms with Gasteiger partial charge in [0, 0.05) is 25.3 Å². The van der Waals surface area contributed by atoms with Crippen LogP contribution in [0.1, 0.15) is 35.8 Å². The lowest BCUT2D eigenvalue weighted by molar-refractivity contribution is 0.0687. The summed E-state index contributed by atoms with van der Waals surface area (Å²) in [6.07, 6.45) is 4.11. The van der Waals surface area contributed by atoms with Gasteiger partial charge in [0.25, 0.3) is 5.91 Å². The standard InChI is InChI=1S/C19H25N3O2/c1-2-21-12-4-5-16(21)14-22(19(24)18-6-3-11-20-18)13-15-7-9-17(23)10-8-15/h3,6-11,16,20,23H,2,4-5,12-14H2,1H3. The minimum Gasteiger partial charge on any atom is -0.508 e. The van der Waals surface area contributed by atoms with Crippen LogP contribution in [0.4, 0.5) is 0 Å². The average Bonchev–Trinajstić information content (AvgIpc) is 3.27. The second-order valence-electron chi connectivity index (χ2n) is 6.36. The fourth-order valence-electron chi connectivity index (χ4n) is 3.45. The maximum atomic E-state index is 12.9. The lowest BCUT2D eigenvalue weighted by atomic mass is 10.1. The van der Waals surface area contributed by atoms with E-state index < -0.39 is 0 Å². The zero-order valence-corrected chi connectivity index (χ0v) is 14.1. The van der Waals surface area contributed by atoms with Gasteiger partial charge < -0.3 is 15.0 Å². The molecule has 2 aromatic rings. The van der Waals surface area contributed by atoms with Gasteiger partial charge in [-0.25, -0.2) is 0 Å². The summed E-state index contributed by atoms with van der Waals surface area (Å²) in [4.78, 5) is 20.3. The van der Waals surface area contributed by atoms with Gasteiger partial charge in [0.1, 0.15) is 11.4 Å². The van der Waals surface area contributed by atoms with E-state index >= 15 is 0 Å². The van der Waals surface area contributed by atoms with E-state index in [-0.39, 0.29) is 11.7 Å². The fourth-order valence-corrected chi connectivity index (χ4v) is 3.45. The van der Waals surface area contributed by atoms with E-state index in [9.17, 15) is 9.90 Å². The van der Waals surface area contributed by atoms with Crippen molar-refractivity contribution in [3.05, 3.63) is 53.9 Å². The van der Waals surface area contributed by atoms with Gasteiger partial charge in [-0.05, 0) is 55.8 Å². The number of likely N-dealkylation sites (N-methyl/N-ethyl adjacent to an activating group) is 1. The highest BCUT2D eigenvalue weighted by Gasteiger charge is 2.27. The highest BCUT2D eigenvalue weighted by Crippen LogP contribution is 2.20. The molecule has 1 saturated heterocycles. The summed E-state index contributed by atoms with van der Waals surface area (Å²) in [5, 5.41) is 9.45. The van der Waals surface area contributed by atoms with Crippen LogP contribution in [0, 0.1) is 0 Å². The Morgan fingerprint density at radius 3 is 2.79 bits per heavy atom. The smallest absolute Gasteiger partial charge is 0.270 e. The molecule has 1 aliphatic heterocycles. The van der Waals surface area contributed by atoms with Crippen LogP contribution in [0.3, 0.4) is 0 Å². The number of carbonyl (C=O) groups excluding carboxylic acids is 1. The number of phenols is 1. The zero-order chi connectivity index (χ0) is 16.9. The molecule has 0 spiro atoms. The maximum Gasteiger partial charge on any atom is 0.270 e. The Morgan fingerprint density at radius 1 is 1.33 bits per heavy atom. The molecule has 5 nitrogen and oxygen atoms in total. The molecular weight excluding hydrogens is 302 g/mol. The highest BCUT2D eigenvalue weighted by atomic mass is 16.3. The molecule has 128 valence electrons. The number of amides is 1. The first-order chi connectivity index (χ1) is 11.7. The number of aromatic hydroxyl groups is 1. The van der Waals surface area contributed by atoms with Crippen molar-refractivity contribution in [3.8, 4) is 5.75 Å². The van der Waals surface area contributed by atoms with E-state index in [1.807, 2.05) is 29.2 Å². The molecule has 1 aromatic carbocycles. The van der Waals surface area contributed by atoms with E-state index in [0.29, 0.717) is 18.3 Å². The van der Waals surface area contributed by atoms with E-state index in [1.54, 1.807) is 18.3 Å². The van der Waals surface area contributed by atoms with Gasteiger partial charge in [-0.2, -0.15) is 0 Å². The number of H-pyrrole nitrogens is 1. The molecule has 0 saturated carbocycles. The Kier molecular flexibility index (Phi) is 5.20. The fraction of sp³-hybridized carbons (Fsp3) is 0.421. The van der Waals surface area contributed by atoms with E-state index in [4.69, 9.17) is 0 Å². The molecule has 1 fully saturated rings. The first-order valence-electron chi connectivity index (χ1n) is 8.62. The maximum absolute atomic E-state index is 12.9. The molecule has 1 unspecified atom stereocenters. The quantitative estimate of drug-likeness (QED) is 0.858. The summed E-state index contributed by atoms with van der Waals surface area (Å²) in [6, 6.07) is 11.2. The SMILES string of the molecule is CCN1CCCC1CN(Cc1ccc(O)cc1)C(=O)c1ccc[nH]1. The van der Waals surface area contributed by atoms with Gasteiger partial charge in [-0.15, -0.1) is 0 Å². The summed E-state index contributed by atoms with van der Waals surface area (Å²) in [7, 11) is 0. The molecule has 1 amide bonds. The second-order valence-corrected chi connectivity index (χ2v) is 6.36. The van der Waals surface area contributed by atoms with Crippen LogP contribution >= 0.6 is 0 Å². The Bertz CT molecular complexity index is 652. The number of nitrogens with zero attached hydrogens (tertiary/aromatic N) is 2. The molecular formula is C19H25N3O2. The van der Waals surface area contributed by atoms with E-state index in [2.05, 4.69) is 16.8 Å². The lowest BCUT2D eigenvalue weighted by Gasteiger charge is -2.30. The number of likely N-dealkylation sites (tertiary alicyclic amines) is 1. The Hall–Kier alpha value is -2.27. The van der Waals surface area contributed by atoms with Gasteiger partial charge in [-0.1, -0.05) is 19.1 Å². The molecule has 0 bridgehead atoms. The number of hydrogen-bond acceptors (Lipinski definition) is 3.